The standard InChI is InChI=1S/C8H20O7P2S2/c1-3-11-16(9,13-5-7-18)15-17(10,12-4-2)14-6-8-19/h18-19H,3-8H2,1-2H3. The monoisotopic (exact) mass is 354 g/mol. The number of rotatable bonds is 12. The zero-order valence-electron chi connectivity index (χ0n) is 10.9. The van der Waals surface area contributed by atoms with Gasteiger partial charge in [-0.15, -0.1) is 0 Å². The van der Waals surface area contributed by atoms with Crippen LogP contribution in [0.15, 0.2) is 0 Å². The molecule has 11 heteroatoms. The lowest BCUT2D eigenvalue weighted by Gasteiger charge is -2.22. The van der Waals surface area contributed by atoms with Crippen molar-refractivity contribution >= 4 is 40.9 Å². The first-order valence-electron chi connectivity index (χ1n) is 5.66. The fraction of sp³-hybridized carbons (Fsp3) is 1.00. The second-order valence-electron chi connectivity index (χ2n) is 2.93. The average molecular weight is 354 g/mol. The summed E-state index contributed by atoms with van der Waals surface area (Å²) in [6, 6.07) is 0. The molecule has 0 bridgehead atoms. The summed E-state index contributed by atoms with van der Waals surface area (Å²) in [4.78, 5) is 0. The Morgan fingerprint density at radius 3 is 1.42 bits per heavy atom. The number of hydrogen-bond acceptors (Lipinski definition) is 9. The molecule has 0 heterocycles. The minimum atomic E-state index is -4.01. The summed E-state index contributed by atoms with van der Waals surface area (Å²) in [5.41, 5.74) is 0. The number of hydrogen-bond donors (Lipinski definition) is 2. The lowest BCUT2D eigenvalue weighted by Crippen LogP contribution is -2.06. The van der Waals surface area contributed by atoms with E-state index in [-0.39, 0.29) is 26.4 Å². The van der Waals surface area contributed by atoms with E-state index in [1.54, 1.807) is 13.8 Å². The van der Waals surface area contributed by atoms with Crippen molar-refractivity contribution in [3.05, 3.63) is 0 Å². The van der Waals surface area contributed by atoms with Gasteiger partial charge in [-0.25, -0.2) is 9.13 Å². The molecule has 0 spiro atoms. The lowest BCUT2D eigenvalue weighted by molar-refractivity contribution is 0.120. The molecule has 116 valence electrons. The van der Waals surface area contributed by atoms with E-state index in [4.69, 9.17) is 22.4 Å². The summed E-state index contributed by atoms with van der Waals surface area (Å²) in [6.45, 7) is 3.34. The summed E-state index contributed by atoms with van der Waals surface area (Å²) in [5, 5.41) is 0. The average Bonchev–Trinajstić information content (AvgIpc) is 2.34. The molecule has 0 rings (SSSR count). The molecule has 2 atom stereocenters. The number of thiol groups is 2. The van der Waals surface area contributed by atoms with Gasteiger partial charge < -0.3 is 0 Å². The summed E-state index contributed by atoms with van der Waals surface area (Å²) in [6.07, 6.45) is 0. The SMILES string of the molecule is CCOP(=O)(OCCS)OP(=O)(OCC)OCCS. The van der Waals surface area contributed by atoms with E-state index in [0.717, 1.165) is 0 Å². The third-order valence-electron chi connectivity index (χ3n) is 1.46. The van der Waals surface area contributed by atoms with E-state index in [1.165, 1.54) is 0 Å². The van der Waals surface area contributed by atoms with E-state index < -0.39 is 15.6 Å². The molecule has 0 aromatic carbocycles. The fourth-order valence-corrected chi connectivity index (χ4v) is 4.53. The van der Waals surface area contributed by atoms with Gasteiger partial charge in [-0.05, 0) is 13.8 Å². The van der Waals surface area contributed by atoms with Gasteiger partial charge in [0.1, 0.15) is 0 Å². The molecule has 0 fully saturated rings. The third kappa shape index (κ3) is 8.75. The minimum Gasteiger partial charge on any atom is -0.287 e. The van der Waals surface area contributed by atoms with Crippen molar-refractivity contribution in [2.24, 2.45) is 0 Å². The molecule has 0 saturated carbocycles. The zero-order chi connectivity index (χ0) is 14.8. The van der Waals surface area contributed by atoms with Crippen LogP contribution in [0.5, 0.6) is 0 Å². The summed E-state index contributed by atoms with van der Waals surface area (Å²) < 4.78 is 48.8. The van der Waals surface area contributed by atoms with E-state index >= 15 is 0 Å². The van der Waals surface area contributed by atoms with Gasteiger partial charge in [0.2, 0.25) is 0 Å². The summed E-state index contributed by atoms with van der Waals surface area (Å²) in [5.74, 6) is 0.605. The van der Waals surface area contributed by atoms with Crippen LogP contribution >= 0.6 is 40.9 Å². The predicted molar refractivity (Wildman–Crippen MR) is 79.2 cm³/mol. The van der Waals surface area contributed by atoms with Crippen molar-refractivity contribution in [2.75, 3.05) is 37.9 Å². The molecular weight excluding hydrogens is 334 g/mol. The summed E-state index contributed by atoms with van der Waals surface area (Å²) in [7, 11) is -8.03. The highest BCUT2D eigenvalue weighted by atomic mass is 32.1. The Hall–Kier alpha value is 0.960. The van der Waals surface area contributed by atoms with Crippen LogP contribution in [0, 0.1) is 0 Å². The first-order valence-corrected chi connectivity index (χ1v) is 9.85. The molecule has 2 unspecified atom stereocenters. The largest absolute Gasteiger partial charge is 0.483 e. The van der Waals surface area contributed by atoms with Crippen molar-refractivity contribution < 1.29 is 31.5 Å². The van der Waals surface area contributed by atoms with Gasteiger partial charge in [0.15, 0.2) is 0 Å². The van der Waals surface area contributed by atoms with Crippen LogP contribution in [0.25, 0.3) is 0 Å². The molecule has 0 aliphatic rings. The smallest absolute Gasteiger partial charge is 0.287 e. The maximum Gasteiger partial charge on any atom is 0.483 e. The first-order chi connectivity index (χ1) is 8.95. The maximum absolute atomic E-state index is 12.2. The molecule has 0 radical (unpaired) electrons. The molecule has 0 aliphatic heterocycles. The van der Waals surface area contributed by atoms with Gasteiger partial charge >= 0.3 is 15.6 Å². The van der Waals surface area contributed by atoms with Crippen LogP contribution in [0.3, 0.4) is 0 Å². The van der Waals surface area contributed by atoms with Gasteiger partial charge in [-0.3, -0.25) is 18.1 Å². The van der Waals surface area contributed by atoms with Crippen molar-refractivity contribution in [1.29, 1.82) is 0 Å². The van der Waals surface area contributed by atoms with E-state index in [1.807, 2.05) is 0 Å². The molecule has 19 heavy (non-hydrogen) atoms. The number of phosphoric ester groups is 2. The van der Waals surface area contributed by atoms with E-state index in [0.29, 0.717) is 11.5 Å². The fourth-order valence-electron chi connectivity index (χ4n) is 0.913. The Balaban J connectivity index is 4.81. The molecule has 0 aliphatic carbocycles. The van der Waals surface area contributed by atoms with Crippen molar-refractivity contribution in [2.45, 2.75) is 13.8 Å². The van der Waals surface area contributed by atoms with Crippen LogP contribution in [0.4, 0.5) is 0 Å². The first kappa shape index (κ1) is 20.0. The zero-order valence-corrected chi connectivity index (χ0v) is 14.5. The Labute approximate surface area is 124 Å². The lowest BCUT2D eigenvalue weighted by atomic mass is 10.9. The highest BCUT2D eigenvalue weighted by molar-refractivity contribution is 7.80. The Kier molecular flexibility index (Phi) is 11.2. The van der Waals surface area contributed by atoms with Gasteiger partial charge in [0.25, 0.3) is 0 Å². The van der Waals surface area contributed by atoms with Crippen molar-refractivity contribution in [3.8, 4) is 0 Å². The Morgan fingerprint density at radius 1 is 0.789 bits per heavy atom. The van der Waals surface area contributed by atoms with E-state index in [9.17, 15) is 9.13 Å². The Morgan fingerprint density at radius 2 is 1.16 bits per heavy atom. The van der Waals surface area contributed by atoms with Crippen LogP contribution < -0.4 is 0 Å². The van der Waals surface area contributed by atoms with E-state index in [2.05, 4.69) is 25.3 Å². The third-order valence-corrected chi connectivity index (χ3v) is 5.57. The van der Waals surface area contributed by atoms with Crippen LogP contribution in [0.2, 0.25) is 0 Å². The highest BCUT2D eigenvalue weighted by Crippen LogP contribution is 2.65. The highest BCUT2D eigenvalue weighted by Gasteiger charge is 2.40. The van der Waals surface area contributed by atoms with Gasteiger partial charge in [-0.1, -0.05) is 0 Å². The molecule has 0 saturated heterocycles. The van der Waals surface area contributed by atoms with Crippen LogP contribution in [-0.2, 0) is 31.5 Å². The maximum atomic E-state index is 12.2. The molecule has 0 amide bonds. The predicted octanol–water partition coefficient (Wildman–Crippen LogP) is 3.19. The topological polar surface area (TPSA) is 80.3 Å². The second kappa shape index (κ2) is 10.7. The normalized spacial score (nSPS) is 17.9. The van der Waals surface area contributed by atoms with Gasteiger partial charge in [0, 0.05) is 11.5 Å². The van der Waals surface area contributed by atoms with Gasteiger partial charge in [-0.2, -0.15) is 29.6 Å². The molecule has 0 aromatic heterocycles. The molecular formula is C8H20O7P2S2. The minimum absolute atomic E-state index is 0.0130. The van der Waals surface area contributed by atoms with Crippen LogP contribution in [-0.4, -0.2) is 37.9 Å². The number of phosphoric acid groups is 2. The molecule has 7 nitrogen and oxygen atoms in total. The van der Waals surface area contributed by atoms with Crippen LogP contribution in [0.1, 0.15) is 13.8 Å². The van der Waals surface area contributed by atoms with Crippen molar-refractivity contribution in [1.82, 2.24) is 0 Å². The summed E-state index contributed by atoms with van der Waals surface area (Å²) >= 11 is 7.82. The molecule has 0 aromatic rings. The van der Waals surface area contributed by atoms with Crippen molar-refractivity contribution in [3.63, 3.8) is 0 Å². The Bertz CT molecular complexity index is 298. The molecule has 0 N–H and O–H groups in total. The quantitative estimate of drug-likeness (QED) is 0.411. The second-order valence-corrected chi connectivity index (χ2v) is 7.29. The van der Waals surface area contributed by atoms with Gasteiger partial charge in [0.05, 0.1) is 26.4 Å².